The Morgan fingerprint density at radius 1 is 1.11 bits per heavy atom. The number of hydrogen-bond donors (Lipinski definition) is 2. The highest BCUT2D eigenvalue weighted by Crippen LogP contribution is 2.27. The van der Waals surface area contributed by atoms with E-state index < -0.39 is 0 Å². The topological polar surface area (TPSA) is 58.4 Å². The maximum atomic E-state index is 12.2. The molecule has 2 rings (SSSR count). The quantitative estimate of drug-likeness (QED) is 0.822. The fourth-order valence-electron chi connectivity index (χ4n) is 3.40. The van der Waals surface area contributed by atoms with Crippen molar-refractivity contribution in [2.45, 2.75) is 63.8 Å². The summed E-state index contributed by atoms with van der Waals surface area (Å²) in [5, 5.41) is 3.15. The molecule has 0 spiro atoms. The van der Waals surface area contributed by atoms with Crippen molar-refractivity contribution in [2.75, 3.05) is 19.6 Å². The van der Waals surface area contributed by atoms with Gasteiger partial charge in [0.1, 0.15) is 0 Å². The second-order valence-corrected chi connectivity index (χ2v) is 6.17. The van der Waals surface area contributed by atoms with E-state index in [4.69, 9.17) is 5.73 Å². The van der Waals surface area contributed by atoms with Crippen molar-refractivity contribution in [3.8, 4) is 0 Å². The van der Waals surface area contributed by atoms with Crippen LogP contribution in [0.3, 0.4) is 0 Å². The number of nitrogens with two attached hydrogens (primary N) is 1. The normalized spacial score (nSPS) is 23.1. The van der Waals surface area contributed by atoms with Gasteiger partial charge in [-0.25, -0.2) is 4.79 Å². The lowest BCUT2D eigenvalue weighted by atomic mass is 9.85. The number of hydrogen-bond acceptors (Lipinski definition) is 2. The number of amides is 2. The molecular formula is C15H29N3O. The highest BCUT2D eigenvalue weighted by atomic mass is 16.2. The van der Waals surface area contributed by atoms with Crippen LogP contribution in [0.4, 0.5) is 4.79 Å². The average molecular weight is 267 g/mol. The van der Waals surface area contributed by atoms with E-state index in [0.717, 1.165) is 38.3 Å². The van der Waals surface area contributed by atoms with Gasteiger partial charge in [0.15, 0.2) is 0 Å². The minimum Gasteiger partial charge on any atom is -0.334 e. The third-order valence-electron chi connectivity index (χ3n) is 4.60. The zero-order valence-electron chi connectivity index (χ0n) is 12.1. The molecule has 0 bridgehead atoms. The summed E-state index contributed by atoms with van der Waals surface area (Å²) in [6.45, 7) is 2.38. The predicted molar refractivity (Wildman–Crippen MR) is 78.0 cm³/mol. The fraction of sp³-hybridized carbons (Fsp3) is 0.933. The molecule has 1 saturated carbocycles. The summed E-state index contributed by atoms with van der Waals surface area (Å²) < 4.78 is 0. The highest BCUT2D eigenvalue weighted by Gasteiger charge is 2.22. The van der Waals surface area contributed by atoms with E-state index in [1.807, 2.05) is 4.90 Å². The Morgan fingerprint density at radius 3 is 2.37 bits per heavy atom. The molecule has 2 amide bonds. The van der Waals surface area contributed by atoms with Crippen LogP contribution in [0.1, 0.15) is 57.8 Å². The van der Waals surface area contributed by atoms with Crippen molar-refractivity contribution >= 4 is 6.03 Å². The molecule has 0 aromatic rings. The van der Waals surface area contributed by atoms with E-state index in [9.17, 15) is 4.79 Å². The average Bonchev–Trinajstić information content (AvgIpc) is 2.48. The van der Waals surface area contributed by atoms with Gasteiger partial charge in [-0.2, -0.15) is 0 Å². The van der Waals surface area contributed by atoms with Gasteiger partial charge in [-0.1, -0.05) is 32.1 Å². The van der Waals surface area contributed by atoms with Crippen LogP contribution < -0.4 is 11.1 Å². The first-order valence-electron chi connectivity index (χ1n) is 8.05. The first-order valence-corrected chi connectivity index (χ1v) is 8.05. The van der Waals surface area contributed by atoms with Crippen molar-refractivity contribution in [1.82, 2.24) is 10.2 Å². The summed E-state index contributed by atoms with van der Waals surface area (Å²) in [7, 11) is 0. The van der Waals surface area contributed by atoms with E-state index in [1.165, 1.54) is 38.5 Å². The van der Waals surface area contributed by atoms with Gasteiger partial charge in [-0.15, -0.1) is 0 Å². The molecule has 4 heteroatoms. The van der Waals surface area contributed by atoms with Crippen LogP contribution in [0.25, 0.3) is 0 Å². The number of carbonyl (C=O) groups excluding carboxylic acids is 1. The molecule has 1 aliphatic carbocycles. The van der Waals surface area contributed by atoms with Gasteiger partial charge in [0.2, 0.25) is 0 Å². The largest absolute Gasteiger partial charge is 0.334 e. The lowest BCUT2D eigenvalue weighted by Gasteiger charge is -2.31. The molecule has 1 atom stereocenters. The maximum absolute atomic E-state index is 12.2. The number of likely N-dealkylation sites (tertiary alicyclic amines) is 1. The van der Waals surface area contributed by atoms with Crippen molar-refractivity contribution in [2.24, 2.45) is 11.7 Å². The number of nitrogens with one attached hydrogen (secondary N) is 1. The van der Waals surface area contributed by atoms with Gasteiger partial charge in [0.25, 0.3) is 0 Å². The van der Waals surface area contributed by atoms with Crippen LogP contribution in [-0.4, -0.2) is 36.6 Å². The van der Waals surface area contributed by atoms with E-state index in [-0.39, 0.29) is 12.1 Å². The molecule has 0 aromatic carbocycles. The summed E-state index contributed by atoms with van der Waals surface area (Å²) in [5.41, 5.74) is 5.83. The Labute approximate surface area is 117 Å². The molecule has 19 heavy (non-hydrogen) atoms. The molecule has 0 aromatic heterocycles. The lowest BCUT2D eigenvalue weighted by Crippen LogP contribution is -2.49. The number of nitrogens with zero attached hydrogens (tertiary/aromatic N) is 1. The summed E-state index contributed by atoms with van der Waals surface area (Å²) in [5.74, 6) is 0.768. The SMILES string of the molecule is NC[C@H](CC1CCCCC1)NC(=O)N1CCCCC1. The number of piperidine rings is 1. The molecule has 4 nitrogen and oxygen atoms in total. The predicted octanol–water partition coefficient (Wildman–Crippen LogP) is 2.48. The molecule has 3 N–H and O–H groups in total. The van der Waals surface area contributed by atoms with Gasteiger partial charge < -0.3 is 16.0 Å². The van der Waals surface area contributed by atoms with Crippen LogP contribution >= 0.6 is 0 Å². The zero-order valence-corrected chi connectivity index (χ0v) is 12.1. The molecule has 110 valence electrons. The van der Waals surface area contributed by atoms with Crippen LogP contribution in [0.5, 0.6) is 0 Å². The lowest BCUT2D eigenvalue weighted by molar-refractivity contribution is 0.179. The third kappa shape index (κ3) is 4.68. The Kier molecular flexibility index (Phi) is 5.95. The number of rotatable bonds is 4. The first kappa shape index (κ1) is 14.6. The van der Waals surface area contributed by atoms with Crippen LogP contribution in [0, 0.1) is 5.92 Å². The minimum atomic E-state index is 0.103. The Morgan fingerprint density at radius 2 is 1.74 bits per heavy atom. The van der Waals surface area contributed by atoms with Crippen molar-refractivity contribution in [1.29, 1.82) is 0 Å². The molecule has 1 aliphatic heterocycles. The number of urea groups is 1. The van der Waals surface area contributed by atoms with Crippen molar-refractivity contribution in [3.05, 3.63) is 0 Å². The second-order valence-electron chi connectivity index (χ2n) is 6.17. The van der Waals surface area contributed by atoms with Gasteiger partial charge >= 0.3 is 6.03 Å². The first-order chi connectivity index (χ1) is 9.29. The van der Waals surface area contributed by atoms with Crippen molar-refractivity contribution < 1.29 is 4.79 Å². The van der Waals surface area contributed by atoms with E-state index in [0.29, 0.717) is 6.54 Å². The molecule has 0 unspecified atom stereocenters. The van der Waals surface area contributed by atoms with Gasteiger partial charge in [-0.05, 0) is 31.6 Å². The molecule has 2 fully saturated rings. The van der Waals surface area contributed by atoms with Gasteiger partial charge in [0.05, 0.1) is 0 Å². The Balaban J connectivity index is 1.75. The van der Waals surface area contributed by atoms with Crippen molar-refractivity contribution in [3.63, 3.8) is 0 Å². The van der Waals surface area contributed by atoms with Gasteiger partial charge in [-0.3, -0.25) is 0 Å². The summed E-state index contributed by atoms with van der Waals surface area (Å²) >= 11 is 0. The maximum Gasteiger partial charge on any atom is 0.317 e. The monoisotopic (exact) mass is 267 g/mol. The third-order valence-corrected chi connectivity index (χ3v) is 4.60. The van der Waals surface area contributed by atoms with E-state index in [2.05, 4.69) is 5.32 Å². The molecular weight excluding hydrogens is 238 g/mol. The zero-order chi connectivity index (χ0) is 13.5. The summed E-state index contributed by atoms with van der Waals surface area (Å²) in [6.07, 6.45) is 11.3. The fourth-order valence-corrected chi connectivity index (χ4v) is 3.40. The summed E-state index contributed by atoms with van der Waals surface area (Å²) in [6, 6.07) is 0.267. The Bertz CT molecular complexity index is 271. The summed E-state index contributed by atoms with van der Waals surface area (Å²) in [4.78, 5) is 14.1. The van der Waals surface area contributed by atoms with E-state index >= 15 is 0 Å². The van der Waals surface area contributed by atoms with Crippen LogP contribution in [-0.2, 0) is 0 Å². The van der Waals surface area contributed by atoms with E-state index in [1.54, 1.807) is 0 Å². The molecule has 1 heterocycles. The standard InChI is InChI=1S/C15H29N3O/c16-12-14(11-13-7-3-1-4-8-13)17-15(19)18-9-5-2-6-10-18/h13-14H,1-12,16H2,(H,17,19)/t14-/m0/s1. The Hall–Kier alpha value is -0.770. The van der Waals surface area contributed by atoms with Crippen LogP contribution in [0.15, 0.2) is 0 Å². The smallest absolute Gasteiger partial charge is 0.317 e. The second kappa shape index (κ2) is 7.73. The number of carbonyl (C=O) groups is 1. The molecule has 0 radical (unpaired) electrons. The van der Waals surface area contributed by atoms with Gasteiger partial charge in [0, 0.05) is 25.7 Å². The molecule has 1 saturated heterocycles. The minimum absolute atomic E-state index is 0.103. The highest BCUT2D eigenvalue weighted by molar-refractivity contribution is 5.74. The van der Waals surface area contributed by atoms with Crippen LogP contribution in [0.2, 0.25) is 0 Å². The molecule has 2 aliphatic rings.